The van der Waals surface area contributed by atoms with E-state index in [0.717, 1.165) is 17.7 Å². The van der Waals surface area contributed by atoms with Crippen LogP contribution in [0.2, 0.25) is 0 Å². The number of hydrogen-bond acceptors (Lipinski definition) is 2. The molecule has 0 atom stereocenters. The Balaban J connectivity index is 3.97. The highest BCUT2D eigenvalue weighted by Crippen LogP contribution is 2.03. The Bertz CT molecular complexity index is 165. The Morgan fingerprint density at radius 1 is 1.50 bits per heavy atom. The number of nitrogens with two attached hydrogens (primary N) is 1. The number of alkyl halides is 2. The lowest BCUT2D eigenvalue weighted by molar-refractivity contribution is -0.133. The maximum Gasteiger partial charge on any atom is 0.255 e. The van der Waals surface area contributed by atoms with E-state index >= 15 is 0 Å². The third kappa shape index (κ3) is 5.85. The number of halogens is 2. The Hall–Kier alpha value is -0.710. The summed E-state index contributed by atoms with van der Waals surface area (Å²) < 4.78 is 24.1. The summed E-state index contributed by atoms with van der Waals surface area (Å²) in [7, 11) is 0. The molecule has 0 aromatic heterocycles. The minimum absolute atomic E-state index is 0.215. The summed E-state index contributed by atoms with van der Waals surface area (Å²) in [6.07, 6.45) is -0.518. The summed E-state index contributed by atoms with van der Waals surface area (Å²) >= 11 is 0. The van der Waals surface area contributed by atoms with Crippen LogP contribution in [-0.2, 0) is 4.79 Å². The SMILES string of the molecule is CCCCC(=O)N(CCN)CC(F)F. The number of amides is 1. The second-order valence-corrected chi connectivity index (χ2v) is 3.12. The number of rotatable bonds is 7. The maximum absolute atomic E-state index is 12.1. The number of nitrogens with zero attached hydrogens (tertiary/aromatic N) is 1. The Labute approximate surface area is 83.3 Å². The van der Waals surface area contributed by atoms with Crippen molar-refractivity contribution in [1.29, 1.82) is 0 Å². The van der Waals surface area contributed by atoms with Gasteiger partial charge < -0.3 is 10.6 Å². The molecule has 0 aromatic carbocycles. The number of hydrogen-bond donors (Lipinski definition) is 1. The molecule has 84 valence electrons. The molecular formula is C9H18F2N2O. The molecule has 0 radical (unpaired) electrons. The van der Waals surface area contributed by atoms with Gasteiger partial charge in [0.25, 0.3) is 6.43 Å². The molecule has 0 bridgehead atoms. The zero-order chi connectivity index (χ0) is 11.0. The Morgan fingerprint density at radius 3 is 2.57 bits per heavy atom. The monoisotopic (exact) mass is 208 g/mol. The molecule has 2 N–H and O–H groups in total. The highest BCUT2D eigenvalue weighted by molar-refractivity contribution is 5.76. The average Bonchev–Trinajstić information content (AvgIpc) is 2.13. The molecule has 0 heterocycles. The van der Waals surface area contributed by atoms with Crippen molar-refractivity contribution in [2.45, 2.75) is 32.6 Å². The van der Waals surface area contributed by atoms with E-state index in [9.17, 15) is 13.6 Å². The lowest BCUT2D eigenvalue weighted by Crippen LogP contribution is -2.38. The molecule has 0 aliphatic carbocycles. The van der Waals surface area contributed by atoms with Crippen molar-refractivity contribution in [1.82, 2.24) is 4.90 Å². The number of carbonyl (C=O) groups excluding carboxylic acids is 1. The van der Waals surface area contributed by atoms with Gasteiger partial charge >= 0.3 is 0 Å². The van der Waals surface area contributed by atoms with E-state index < -0.39 is 13.0 Å². The van der Waals surface area contributed by atoms with Crippen molar-refractivity contribution in [2.75, 3.05) is 19.6 Å². The van der Waals surface area contributed by atoms with Crippen molar-refractivity contribution in [3.05, 3.63) is 0 Å². The molecule has 3 nitrogen and oxygen atoms in total. The van der Waals surface area contributed by atoms with Crippen LogP contribution in [0.3, 0.4) is 0 Å². The molecular weight excluding hydrogens is 190 g/mol. The molecule has 0 unspecified atom stereocenters. The average molecular weight is 208 g/mol. The van der Waals surface area contributed by atoms with E-state index in [-0.39, 0.29) is 19.0 Å². The van der Waals surface area contributed by atoms with Crippen molar-refractivity contribution < 1.29 is 13.6 Å². The number of unbranched alkanes of at least 4 members (excludes halogenated alkanes) is 1. The largest absolute Gasteiger partial charge is 0.336 e. The van der Waals surface area contributed by atoms with Gasteiger partial charge in [0.15, 0.2) is 0 Å². The topological polar surface area (TPSA) is 46.3 Å². The van der Waals surface area contributed by atoms with Crippen molar-refractivity contribution >= 4 is 5.91 Å². The minimum atomic E-state index is -2.48. The lowest BCUT2D eigenvalue weighted by Gasteiger charge is -2.21. The van der Waals surface area contributed by atoms with Gasteiger partial charge in [0.2, 0.25) is 5.91 Å². The van der Waals surface area contributed by atoms with Crippen LogP contribution in [0.15, 0.2) is 0 Å². The first kappa shape index (κ1) is 13.3. The second kappa shape index (κ2) is 7.67. The van der Waals surface area contributed by atoms with Crippen LogP contribution in [0.1, 0.15) is 26.2 Å². The molecule has 0 aromatic rings. The Kier molecular flexibility index (Phi) is 7.28. The van der Waals surface area contributed by atoms with Crippen LogP contribution in [0.25, 0.3) is 0 Å². The Morgan fingerprint density at radius 2 is 2.14 bits per heavy atom. The van der Waals surface area contributed by atoms with Gasteiger partial charge in [0.05, 0.1) is 6.54 Å². The molecule has 0 fully saturated rings. The van der Waals surface area contributed by atoms with E-state index in [1.54, 1.807) is 0 Å². The molecule has 0 aliphatic rings. The first-order valence-electron chi connectivity index (χ1n) is 4.87. The number of carbonyl (C=O) groups is 1. The predicted octanol–water partition coefficient (Wildman–Crippen LogP) is 1.23. The van der Waals surface area contributed by atoms with Crippen molar-refractivity contribution in [2.24, 2.45) is 5.73 Å². The van der Waals surface area contributed by atoms with Crippen molar-refractivity contribution in [3.8, 4) is 0 Å². The van der Waals surface area contributed by atoms with E-state index in [1.807, 2.05) is 6.92 Å². The highest BCUT2D eigenvalue weighted by Gasteiger charge is 2.16. The van der Waals surface area contributed by atoms with E-state index in [4.69, 9.17) is 5.73 Å². The van der Waals surface area contributed by atoms with Gasteiger partial charge in [-0.25, -0.2) is 8.78 Å². The summed E-state index contributed by atoms with van der Waals surface area (Å²) in [6, 6.07) is 0. The van der Waals surface area contributed by atoms with Crippen LogP contribution >= 0.6 is 0 Å². The minimum Gasteiger partial charge on any atom is -0.336 e. The molecule has 0 saturated heterocycles. The van der Waals surface area contributed by atoms with E-state index in [2.05, 4.69) is 0 Å². The summed E-state index contributed by atoms with van der Waals surface area (Å²) in [5.41, 5.74) is 5.23. The van der Waals surface area contributed by atoms with Gasteiger partial charge in [-0.05, 0) is 6.42 Å². The fourth-order valence-corrected chi connectivity index (χ4v) is 1.13. The van der Waals surface area contributed by atoms with Gasteiger partial charge in [0.1, 0.15) is 0 Å². The van der Waals surface area contributed by atoms with E-state index in [1.165, 1.54) is 0 Å². The maximum atomic E-state index is 12.1. The summed E-state index contributed by atoms with van der Waals surface area (Å²) in [4.78, 5) is 12.5. The summed E-state index contributed by atoms with van der Waals surface area (Å²) in [6.45, 7) is 1.89. The van der Waals surface area contributed by atoms with Crippen LogP contribution < -0.4 is 5.73 Å². The first-order valence-corrected chi connectivity index (χ1v) is 4.87. The van der Waals surface area contributed by atoms with Gasteiger partial charge in [-0.15, -0.1) is 0 Å². The van der Waals surface area contributed by atoms with Gasteiger partial charge in [-0.1, -0.05) is 13.3 Å². The molecule has 1 amide bonds. The summed E-state index contributed by atoms with van der Waals surface area (Å²) in [5.74, 6) is -0.224. The predicted molar refractivity (Wildman–Crippen MR) is 51.2 cm³/mol. The van der Waals surface area contributed by atoms with Crippen LogP contribution in [0, 0.1) is 0 Å². The van der Waals surface area contributed by atoms with E-state index in [0.29, 0.717) is 6.42 Å². The third-order valence-electron chi connectivity index (χ3n) is 1.85. The van der Waals surface area contributed by atoms with Crippen molar-refractivity contribution in [3.63, 3.8) is 0 Å². The zero-order valence-electron chi connectivity index (χ0n) is 8.51. The third-order valence-corrected chi connectivity index (χ3v) is 1.85. The quantitative estimate of drug-likeness (QED) is 0.684. The fourth-order valence-electron chi connectivity index (χ4n) is 1.13. The standard InChI is InChI=1S/C9H18F2N2O/c1-2-3-4-9(14)13(6-5-12)7-8(10)11/h8H,2-7,12H2,1H3. The van der Waals surface area contributed by atoms with Gasteiger partial charge in [-0.3, -0.25) is 4.79 Å². The molecule has 14 heavy (non-hydrogen) atoms. The molecule has 0 aliphatic heterocycles. The zero-order valence-corrected chi connectivity index (χ0v) is 8.51. The highest BCUT2D eigenvalue weighted by atomic mass is 19.3. The molecule has 0 rings (SSSR count). The van der Waals surface area contributed by atoms with Gasteiger partial charge in [0, 0.05) is 19.5 Å². The normalized spacial score (nSPS) is 10.6. The van der Waals surface area contributed by atoms with Gasteiger partial charge in [-0.2, -0.15) is 0 Å². The first-order chi connectivity index (χ1) is 6.61. The lowest BCUT2D eigenvalue weighted by atomic mass is 10.2. The van der Waals surface area contributed by atoms with Crippen LogP contribution in [0.4, 0.5) is 8.78 Å². The molecule has 0 saturated carbocycles. The molecule has 5 heteroatoms. The van der Waals surface area contributed by atoms with Crippen LogP contribution in [0.5, 0.6) is 0 Å². The van der Waals surface area contributed by atoms with Crippen LogP contribution in [-0.4, -0.2) is 36.9 Å². The second-order valence-electron chi connectivity index (χ2n) is 3.12. The molecule has 0 spiro atoms. The fraction of sp³-hybridized carbons (Fsp3) is 0.889. The summed E-state index contributed by atoms with van der Waals surface area (Å²) in [5, 5.41) is 0. The smallest absolute Gasteiger partial charge is 0.255 e.